The summed E-state index contributed by atoms with van der Waals surface area (Å²) in [5.41, 5.74) is 3.77. The zero-order valence-corrected chi connectivity index (χ0v) is 21.4. The van der Waals surface area contributed by atoms with Crippen molar-refractivity contribution in [3.05, 3.63) is 51.0 Å². The van der Waals surface area contributed by atoms with Crippen molar-refractivity contribution < 1.29 is 4.74 Å². The monoisotopic (exact) mass is 543 g/mol. The van der Waals surface area contributed by atoms with Gasteiger partial charge in [0.2, 0.25) is 0 Å². The minimum atomic E-state index is 0. The van der Waals surface area contributed by atoms with E-state index < -0.39 is 0 Å². The molecule has 0 saturated carbocycles. The maximum atomic E-state index is 5.47. The molecule has 0 atom stereocenters. The topological polar surface area (TPSA) is 61.8 Å². The third-order valence-corrected chi connectivity index (χ3v) is 6.20. The van der Waals surface area contributed by atoms with Crippen molar-refractivity contribution in [3.63, 3.8) is 0 Å². The van der Waals surface area contributed by atoms with Crippen LogP contribution in [0.25, 0.3) is 0 Å². The molecule has 1 aromatic heterocycles. The van der Waals surface area contributed by atoms with Crippen LogP contribution in [0.1, 0.15) is 33.6 Å². The van der Waals surface area contributed by atoms with Crippen LogP contribution in [0.4, 0.5) is 0 Å². The van der Waals surface area contributed by atoms with Gasteiger partial charge in [-0.3, -0.25) is 4.90 Å². The molecule has 1 aliphatic rings. The summed E-state index contributed by atoms with van der Waals surface area (Å²) in [5, 5.41) is 7.98. The number of benzene rings is 1. The Labute approximate surface area is 201 Å². The summed E-state index contributed by atoms with van der Waals surface area (Å²) >= 11 is 1.78. The quantitative estimate of drug-likeness (QED) is 0.303. The lowest BCUT2D eigenvalue weighted by Crippen LogP contribution is -2.38. The molecule has 2 aromatic rings. The van der Waals surface area contributed by atoms with Crippen LogP contribution < -0.4 is 10.6 Å². The van der Waals surface area contributed by atoms with E-state index in [0.29, 0.717) is 6.54 Å². The molecular formula is C22H34IN5OS. The maximum absolute atomic E-state index is 5.47. The Balaban J connectivity index is 0.00000320. The molecule has 0 radical (unpaired) electrons. The first-order valence-corrected chi connectivity index (χ1v) is 11.3. The molecule has 3 rings (SSSR count). The third-order valence-electron chi connectivity index (χ3n) is 5.07. The Morgan fingerprint density at radius 3 is 2.57 bits per heavy atom. The van der Waals surface area contributed by atoms with Crippen molar-refractivity contribution in [3.8, 4) is 0 Å². The summed E-state index contributed by atoms with van der Waals surface area (Å²) in [6, 6.07) is 8.61. The van der Waals surface area contributed by atoms with Crippen LogP contribution in [-0.4, -0.2) is 55.2 Å². The standard InChI is InChI=1S/C22H33N5OS.HI/c1-4-23-22(24-10-9-21-26-17(2)18(3)29-21)25-15-19-7-5-6-8-20(19)16-27-11-13-28-14-12-27;/h5-8H,4,9-16H2,1-3H3,(H2,23,24,25);1H. The second-order valence-electron chi connectivity index (χ2n) is 7.28. The minimum absolute atomic E-state index is 0. The second-order valence-corrected chi connectivity index (χ2v) is 8.57. The van der Waals surface area contributed by atoms with Crippen LogP contribution in [0.2, 0.25) is 0 Å². The van der Waals surface area contributed by atoms with Crippen LogP contribution in [0.3, 0.4) is 0 Å². The van der Waals surface area contributed by atoms with E-state index in [9.17, 15) is 0 Å². The number of hydrogen-bond donors (Lipinski definition) is 2. The molecule has 0 aliphatic carbocycles. The highest BCUT2D eigenvalue weighted by molar-refractivity contribution is 14.0. The predicted octanol–water partition coefficient (Wildman–Crippen LogP) is 3.51. The predicted molar refractivity (Wildman–Crippen MR) is 136 cm³/mol. The van der Waals surface area contributed by atoms with E-state index in [1.807, 2.05) is 0 Å². The van der Waals surface area contributed by atoms with Crippen molar-refractivity contribution in [1.29, 1.82) is 0 Å². The normalized spacial score (nSPS) is 15.0. The maximum Gasteiger partial charge on any atom is 0.191 e. The number of guanidine groups is 1. The van der Waals surface area contributed by atoms with E-state index in [0.717, 1.165) is 64.0 Å². The Morgan fingerprint density at radius 2 is 1.90 bits per heavy atom. The molecule has 2 heterocycles. The van der Waals surface area contributed by atoms with Crippen molar-refractivity contribution in [2.45, 2.75) is 40.3 Å². The number of aryl methyl sites for hydroxylation is 2. The van der Waals surface area contributed by atoms with E-state index in [1.165, 1.54) is 21.0 Å². The summed E-state index contributed by atoms with van der Waals surface area (Å²) in [5.74, 6) is 0.860. The number of nitrogens with one attached hydrogen (secondary N) is 2. The zero-order valence-electron chi connectivity index (χ0n) is 18.2. The molecule has 8 heteroatoms. The fraction of sp³-hybridized carbons (Fsp3) is 0.545. The Kier molecular flexibility index (Phi) is 11.0. The molecule has 2 N–H and O–H groups in total. The lowest BCUT2D eigenvalue weighted by atomic mass is 10.1. The lowest BCUT2D eigenvalue weighted by Gasteiger charge is -2.27. The second kappa shape index (κ2) is 13.2. The van der Waals surface area contributed by atoms with Crippen LogP contribution in [0.5, 0.6) is 0 Å². The first-order valence-electron chi connectivity index (χ1n) is 10.5. The van der Waals surface area contributed by atoms with Gasteiger partial charge in [-0.25, -0.2) is 9.98 Å². The number of halogens is 1. The van der Waals surface area contributed by atoms with E-state index in [1.54, 1.807) is 11.3 Å². The van der Waals surface area contributed by atoms with Crippen molar-refractivity contribution in [2.75, 3.05) is 39.4 Å². The molecule has 0 spiro atoms. The Bertz CT molecular complexity index is 785. The van der Waals surface area contributed by atoms with Gasteiger partial charge in [0.1, 0.15) is 0 Å². The Morgan fingerprint density at radius 1 is 1.17 bits per heavy atom. The summed E-state index contributed by atoms with van der Waals surface area (Å²) in [7, 11) is 0. The fourth-order valence-corrected chi connectivity index (χ4v) is 4.24. The molecule has 0 amide bonds. The molecule has 30 heavy (non-hydrogen) atoms. The summed E-state index contributed by atoms with van der Waals surface area (Å²) in [6.45, 7) is 13.2. The largest absolute Gasteiger partial charge is 0.379 e. The fourth-order valence-electron chi connectivity index (χ4n) is 3.31. The van der Waals surface area contributed by atoms with E-state index in [2.05, 4.69) is 65.6 Å². The van der Waals surface area contributed by atoms with E-state index >= 15 is 0 Å². The van der Waals surface area contributed by atoms with Gasteiger partial charge in [-0.1, -0.05) is 24.3 Å². The van der Waals surface area contributed by atoms with Gasteiger partial charge in [0.05, 0.1) is 30.5 Å². The molecule has 6 nitrogen and oxygen atoms in total. The van der Waals surface area contributed by atoms with Gasteiger partial charge in [-0.05, 0) is 31.9 Å². The van der Waals surface area contributed by atoms with Crippen LogP contribution in [0.15, 0.2) is 29.3 Å². The highest BCUT2D eigenvalue weighted by atomic mass is 127. The molecule has 1 aliphatic heterocycles. The molecule has 1 fully saturated rings. The van der Waals surface area contributed by atoms with Gasteiger partial charge in [0, 0.05) is 44.0 Å². The molecule has 1 saturated heterocycles. The number of nitrogens with zero attached hydrogens (tertiary/aromatic N) is 3. The van der Waals surface area contributed by atoms with Gasteiger partial charge in [0.15, 0.2) is 5.96 Å². The number of thiazole rings is 1. The number of aromatic nitrogens is 1. The van der Waals surface area contributed by atoms with Crippen LogP contribution in [0, 0.1) is 13.8 Å². The zero-order chi connectivity index (χ0) is 20.5. The van der Waals surface area contributed by atoms with Gasteiger partial charge in [0.25, 0.3) is 0 Å². The molecule has 0 bridgehead atoms. The minimum Gasteiger partial charge on any atom is -0.379 e. The lowest BCUT2D eigenvalue weighted by molar-refractivity contribution is 0.0341. The SMILES string of the molecule is CCNC(=NCc1ccccc1CN1CCOCC1)NCCc1nc(C)c(C)s1.I. The van der Waals surface area contributed by atoms with Crippen LogP contribution in [-0.2, 0) is 24.2 Å². The molecule has 166 valence electrons. The van der Waals surface area contributed by atoms with Crippen molar-refractivity contribution >= 4 is 41.3 Å². The first-order chi connectivity index (χ1) is 14.2. The number of aliphatic imine (C=N–C) groups is 1. The first kappa shape index (κ1) is 25.0. The van der Waals surface area contributed by atoms with Gasteiger partial charge >= 0.3 is 0 Å². The highest BCUT2D eigenvalue weighted by Gasteiger charge is 2.12. The summed E-state index contributed by atoms with van der Waals surface area (Å²) < 4.78 is 5.47. The average Bonchev–Trinajstić information content (AvgIpc) is 3.05. The number of morpholine rings is 1. The number of hydrogen-bond acceptors (Lipinski definition) is 5. The smallest absolute Gasteiger partial charge is 0.191 e. The summed E-state index contributed by atoms with van der Waals surface area (Å²) in [4.78, 5) is 13.2. The van der Waals surface area contributed by atoms with Gasteiger partial charge in [-0.2, -0.15) is 0 Å². The van der Waals surface area contributed by atoms with Crippen molar-refractivity contribution in [2.24, 2.45) is 4.99 Å². The summed E-state index contributed by atoms with van der Waals surface area (Å²) in [6.07, 6.45) is 0.914. The van der Waals surface area contributed by atoms with E-state index in [4.69, 9.17) is 9.73 Å². The Hall–Kier alpha value is -1.23. The molecule has 0 unspecified atom stereocenters. The highest BCUT2D eigenvalue weighted by Crippen LogP contribution is 2.16. The third kappa shape index (κ3) is 7.79. The van der Waals surface area contributed by atoms with Crippen molar-refractivity contribution in [1.82, 2.24) is 20.5 Å². The molecular weight excluding hydrogens is 509 g/mol. The van der Waals surface area contributed by atoms with Gasteiger partial charge < -0.3 is 15.4 Å². The number of ether oxygens (including phenoxy) is 1. The molecule has 1 aromatic carbocycles. The average molecular weight is 544 g/mol. The number of rotatable bonds is 8. The van der Waals surface area contributed by atoms with E-state index in [-0.39, 0.29) is 24.0 Å². The van der Waals surface area contributed by atoms with Crippen LogP contribution >= 0.6 is 35.3 Å². The van der Waals surface area contributed by atoms with Gasteiger partial charge in [-0.15, -0.1) is 35.3 Å².